The van der Waals surface area contributed by atoms with E-state index in [1.165, 1.54) is 17.2 Å². The summed E-state index contributed by atoms with van der Waals surface area (Å²) < 4.78 is 4.22. The minimum Gasteiger partial charge on any atom is -0.350 e. The highest BCUT2D eigenvalue weighted by Gasteiger charge is 2.25. The van der Waals surface area contributed by atoms with Crippen LogP contribution in [0.1, 0.15) is 12.0 Å². The van der Waals surface area contributed by atoms with Crippen molar-refractivity contribution < 1.29 is 4.79 Å². The van der Waals surface area contributed by atoms with Gasteiger partial charge in [-0.05, 0) is 27.9 Å². The van der Waals surface area contributed by atoms with Gasteiger partial charge in [-0.1, -0.05) is 30.3 Å². The molecule has 1 aliphatic rings. The summed E-state index contributed by atoms with van der Waals surface area (Å²) in [4.78, 5) is 43.9. The van der Waals surface area contributed by atoms with Gasteiger partial charge in [-0.25, -0.2) is 9.78 Å². The van der Waals surface area contributed by atoms with E-state index < -0.39 is 11.2 Å². The van der Waals surface area contributed by atoms with Crippen LogP contribution in [0.15, 0.2) is 44.7 Å². The second-order valence-corrected chi connectivity index (χ2v) is 8.33. The summed E-state index contributed by atoms with van der Waals surface area (Å²) in [6.07, 6.45) is 0.878. The number of aryl methyl sites for hydroxylation is 1. The average Bonchev–Trinajstić information content (AvgIpc) is 3.29. The molecule has 9 nitrogen and oxygen atoms in total. The number of aromatic nitrogens is 4. The molecule has 1 aliphatic heterocycles. The molecule has 1 unspecified atom stereocenters. The molecule has 30 heavy (non-hydrogen) atoms. The fourth-order valence-electron chi connectivity index (χ4n) is 3.96. The van der Waals surface area contributed by atoms with Gasteiger partial charge in [0, 0.05) is 39.8 Å². The standard InChI is InChI=1S/C20H23BrN6O3/c1-24-17-16(18(29)25(2)20(24)30)23-19(21)27(17)12-15(28)22-14-8-9-26(11-14)10-13-6-4-3-5-7-13/h3-7,14H,8-12H2,1-2H3,(H,22,28). The van der Waals surface area contributed by atoms with Crippen molar-refractivity contribution in [2.24, 2.45) is 14.1 Å². The van der Waals surface area contributed by atoms with Crippen molar-refractivity contribution in [3.8, 4) is 0 Å². The third kappa shape index (κ3) is 3.84. The molecule has 1 amide bonds. The van der Waals surface area contributed by atoms with E-state index in [1.807, 2.05) is 18.2 Å². The van der Waals surface area contributed by atoms with Gasteiger partial charge in [0.05, 0.1) is 0 Å². The molecule has 0 radical (unpaired) electrons. The average molecular weight is 475 g/mol. The number of nitrogens with one attached hydrogen (secondary N) is 1. The van der Waals surface area contributed by atoms with Crippen molar-refractivity contribution in [3.05, 3.63) is 61.5 Å². The first-order valence-corrected chi connectivity index (χ1v) is 10.5. The van der Waals surface area contributed by atoms with Gasteiger partial charge in [0.25, 0.3) is 5.56 Å². The number of hydrogen-bond donors (Lipinski definition) is 1. The van der Waals surface area contributed by atoms with Crippen molar-refractivity contribution in [1.29, 1.82) is 0 Å². The predicted molar refractivity (Wildman–Crippen MR) is 116 cm³/mol. The van der Waals surface area contributed by atoms with Crippen LogP contribution in [0.5, 0.6) is 0 Å². The lowest BCUT2D eigenvalue weighted by atomic mass is 10.2. The van der Waals surface area contributed by atoms with Gasteiger partial charge in [0.15, 0.2) is 15.9 Å². The first-order chi connectivity index (χ1) is 14.3. The maximum absolute atomic E-state index is 12.7. The summed E-state index contributed by atoms with van der Waals surface area (Å²) in [6.45, 7) is 2.52. The van der Waals surface area contributed by atoms with Gasteiger partial charge in [0.1, 0.15) is 6.54 Å². The first-order valence-electron chi connectivity index (χ1n) is 9.72. The SMILES string of the molecule is Cn1c(=O)c2nc(Br)n(CC(=O)NC3CCN(Cc4ccccc4)C3)c2n(C)c1=O. The lowest BCUT2D eigenvalue weighted by Crippen LogP contribution is -2.40. The zero-order valence-electron chi connectivity index (χ0n) is 16.8. The highest BCUT2D eigenvalue weighted by molar-refractivity contribution is 9.10. The Morgan fingerprint density at radius 1 is 1.20 bits per heavy atom. The summed E-state index contributed by atoms with van der Waals surface area (Å²) in [5, 5.41) is 3.06. The predicted octanol–water partition coefficient (Wildman–Crippen LogP) is 0.587. The van der Waals surface area contributed by atoms with E-state index in [4.69, 9.17) is 0 Å². The molecule has 158 valence electrons. The Morgan fingerprint density at radius 3 is 2.67 bits per heavy atom. The maximum Gasteiger partial charge on any atom is 0.332 e. The van der Waals surface area contributed by atoms with Crippen molar-refractivity contribution in [2.75, 3.05) is 13.1 Å². The number of carbonyl (C=O) groups excluding carboxylic acids is 1. The van der Waals surface area contributed by atoms with Crippen molar-refractivity contribution in [2.45, 2.75) is 25.6 Å². The molecule has 0 bridgehead atoms. The summed E-state index contributed by atoms with van der Waals surface area (Å²) in [5.41, 5.74) is 0.770. The Hall–Kier alpha value is -2.72. The molecule has 0 saturated carbocycles. The molecule has 3 heterocycles. The molecule has 1 fully saturated rings. The molecule has 0 aliphatic carbocycles. The number of hydrogen-bond acceptors (Lipinski definition) is 5. The fourth-order valence-corrected chi connectivity index (χ4v) is 4.43. The van der Waals surface area contributed by atoms with E-state index in [-0.39, 0.29) is 24.0 Å². The van der Waals surface area contributed by atoms with Gasteiger partial charge < -0.3 is 5.32 Å². The lowest BCUT2D eigenvalue weighted by molar-refractivity contribution is -0.122. The molecular formula is C20H23BrN6O3. The van der Waals surface area contributed by atoms with Gasteiger partial charge in [-0.3, -0.25) is 28.2 Å². The van der Waals surface area contributed by atoms with Crippen LogP contribution in [-0.4, -0.2) is 48.6 Å². The molecule has 1 saturated heterocycles. The number of rotatable bonds is 5. The Morgan fingerprint density at radius 2 is 1.93 bits per heavy atom. The van der Waals surface area contributed by atoms with Gasteiger partial charge >= 0.3 is 5.69 Å². The van der Waals surface area contributed by atoms with Crippen LogP contribution >= 0.6 is 15.9 Å². The smallest absolute Gasteiger partial charge is 0.332 e. The van der Waals surface area contributed by atoms with Crippen LogP contribution in [0.4, 0.5) is 0 Å². The number of halogens is 1. The number of imidazole rings is 1. The molecule has 4 rings (SSSR count). The van der Waals surface area contributed by atoms with E-state index >= 15 is 0 Å². The quantitative estimate of drug-likeness (QED) is 0.546. The Labute approximate surface area is 181 Å². The normalized spacial score (nSPS) is 17.0. The third-order valence-corrected chi connectivity index (χ3v) is 6.09. The number of amides is 1. The Kier molecular flexibility index (Phi) is 5.61. The number of fused-ring (bicyclic) bond motifs is 1. The second-order valence-electron chi connectivity index (χ2n) is 7.62. The minimum absolute atomic E-state index is 0.0350. The summed E-state index contributed by atoms with van der Waals surface area (Å²) in [7, 11) is 2.97. The minimum atomic E-state index is -0.486. The Bertz CT molecular complexity index is 1210. The van der Waals surface area contributed by atoms with E-state index in [2.05, 4.69) is 43.3 Å². The van der Waals surface area contributed by atoms with Crippen molar-refractivity contribution >= 4 is 33.0 Å². The van der Waals surface area contributed by atoms with Crippen LogP contribution < -0.4 is 16.6 Å². The highest BCUT2D eigenvalue weighted by atomic mass is 79.9. The first kappa shape index (κ1) is 20.5. The Balaban J connectivity index is 1.46. The zero-order chi connectivity index (χ0) is 21.4. The zero-order valence-corrected chi connectivity index (χ0v) is 18.4. The third-order valence-electron chi connectivity index (χ3n) is 5.48. The molecule has 1 atom stereocenters. The lowest BCUT2D eigenvalue weighted by Gasteiger charge is -2.17. The van der Waals surface area contributed by atoms with Gasteiger partial charge in [-0.2, -0.15) is 0 Å². The molecule has 2 aromatic heterocycles. The largest absolute Gasteiger partial charge is 0.350 e. The molecule has 0 spiro atoms. The number of likely N-dealkylation sites (tertiary alicyclic amines) is 1. The summed E-state index contributed by atoms with van der Waals surface area (Å²) >= 11 is 3.31. The van der Waals surface area contributed by atoms with E-state index in [1.54, 1.807) is 11.6 Å². The molecule has 1 N–H and O–H groups in total. The topological polar surface area (TPSA) is 94.2 Å². The van der Waals surface area contributed by atoms with E-state index in [0.717, 1.165) is 30.6 Å². The van der Waals surface area contributed by atoms with E-state index in [0.29, 0.717) is 10.4 Å². The maximum atomic E-state index is 12.7. The highest BCUT2D eigenvalue weighted by Crippen LogP contribution is 2.17. The van der Waals surface area contributed by atoms with Crippen LogP contribution in [0.2, 0.25) is 0 Å². The fraction of sp³-hybridized carbons (Fsp3) is 0.400. The molecular weight excluding hydrogens is 452 g/mol. The molecule has 10 heteroatoms. The number of benzene rings is 1. The van der Waals surface area contributed by atoms with Crippen LogP contribution in [-0.2, 0) is 32.0 Å². The van der Waals surface area contributed by atoms with E-state index in [9.17, 15) is 14.4 Å². The van der Waals surface area contributed by atoms with Crippen molar-refractivity contribution in [3.63, 3.8) is 0 Å². The monoisotopic (exact) mass is 474 g/mol. The van der Waals surface area contributed by atoms with Crippen LogP contribution in [0.25, 0.3) is 11.2 Å². The molecule has 1 aromatic carbocycles. The van der Waals surface area contributed by atoms with Crippen LogP contribution in [0.3, 0.4) is 0 Å². The number of nitrogens with zero attached hydrogens (tertiary/aromatic N) is 5. The second kappa shape index (κ2) is 8.19. The summed E-state index contributed by atoms with van der Waals surface area (Å²) in [6, 6.07) is 10.3. The number of carbonyl (C=O) groups is 1. The molecule has 3 aromatic rings. The van der Waals surface area contributed by atoms with Gasteiger partial charge in [0.2, 0.25) is 5.91 Å². The van der Waals surface area contributed by atoms with Crippen molar-refractivity contribution in [1.82, 2.24) is 28.9 Å². The van der Waals surface area contributed by atoms with Crippen LogP contribution in [0, 0.1) is 0 Å². The van der Waals surface area contributed by atoms with Gasteiger partial charge in [-0.15, -0.1) is 0 Å². The summed E-state index contributed by atoms with van der Waals surface area (Å²) in [5.74, 6) is -0.185.